The summed E-state index contributed by atoms with van der Waals surface area (Å²) in [4.78, 5) is 0.884. The number of thioether (sulfide) groups is 1. The Morgan fingerprint density at radius 3 is 2.77 bits per heavy atom. The molecule has 13 heavy (non-hydrogen) atoms. The van der Waals surface area contributed by atoms with Crippen molar-refractivity contribution in [3.05, 3.63) is 21.3 Å². The van der Waals surface area contributed by atoms with E-state index in [0.717, 1.165) is 10.6 Å². The molecule has 0 spiro atoms. The zero-order valence-corrected chi connectivity index (χ0v) is 10.0. The summed E-state index contributed by atoms with van der Waals surface area (Å²) in [6, 6.07) is 1.82. The third kappa shape index (κ3) is 3.50. The van der Waals surface area contributed by atoms with Gasteiger partial charge in [-0.1, -0.05) is 25.4 Å². The smallest absolute Gasteiger partial charge is 0.0987 e. The fourth-order valence-corrected chi connectivity index (χ4v) is 2.91. The van der Waals surface area contributed by atoms with Gasteiger partial charge in [-0.15, -0.1) is 11.3 Å². The van der Waals surface area contributed by atoms with Crippen LogP contribution in [0.2, 0.25) is 5.02 Å². The SMILES string of the molecule is CC(C)SCC(O)c1sccc1Cl. The Bertz CT molecular complexity index is 260. The molecule has 0 aromatic carbocycles. The number of rotatable bonds is 4. The van der Waals surface area contributed by atoms with E-state index < -0.39 is 6.10 Å². The quantitative estimate of drug-likeness (QED) is 0.863. The molecule has 0 aliphatic carbocycles. The molecule has 74 valence electrons. The highest BCUT2D eigenvalue weighted by molar-refractivity contribution is 7.99. The van der Waals surface area contributed by atoms with Gasteiger partial charge in [-0.25, -0.2) is 0 Å². The van der Waals surface area contributed by atoms with E-state index in [9.17, 15) is 5.11 Å². The van der Waals surface area contributed by atoms with Gasteiger partial charge in [0.2, 0.25) is 0 Å². The average Bonchev–Trinajstić information content (AvgIpc) is 2.47. The van der Waals surface area contributed by atoms with Crippen molar-refractivity contribution in [1.29, 1.82) is 0 Å². The van der Waals surface area contributed by atoms with Gasteiger partial charge in [0.25, 0.3) is 0 Å². The first-order chi connectivity index (χ1) is 6.11. The molecule has 0 radical (unpaired) electrons. The largest absolute Gasteiger partial charge is 0.387 e. The maximum absolute atomic E-state index is 9.74. The Morgan fingerprint density at radius 1 is 1.62 bits per heavy atom. The van der Waals surface area contributed by atoms with Crippen molar-refractivity contribution in [3.8, 4) is 0 Å². The fraction of sp³-hybridized carbons (Fsp3) is 0.556. The third-order valence-electron chi connectivity index (χ3n) is 1.53. The zero-order chi connectivity index (χ0) is 9.84. The van der Waals surface area contributed by atoms with E-state index in [-0.39, 0.29) is 0 Å². The molecule has 1 N–H and O–H groups in total. The van der Waals surface area contributed by atoms with E-state index in [1.54, 1.807) is 11.8 Å². The number of aliphatic hydroxyl groups is 1. The van der Waals surface area contributed by atoms with Gasteiger partial charge in [0.1, 0.15) is 0 Å². The molecule has 4 heteroatoms. The molecule has 1 heterocycles. The zero-order valence-electron chi connectivity index (χ0n) is 7.66. The number of thiophene rings is 1. The van der Waals surface area contributed by atoms with Gasteiger partial charge in [0.15, 0.2) is 0 Å². The summed E-state index contributed by atoms with van der Waals surface area (Å²) in [7, 11) is 0. The van der Waals surface area contributed by atoms with Crippen LogP contribution < -0.4 is 0 Å². The molecular weight excluding hydrogens is 224 g/mol. The van der Waals surface area contributed by atoms with Crippen LogP contribution in [-0.2, 0) is 0 Å². The van der Waals surface area contributed by atoms with Crippen molar-refractivity contribution in [3.63, 3.8) is 0 Å². The lowest BCUT2D eigenvalue weighted by atomic mass is 10.3. The van der Waals surface area contributed by atoms with Gasteiger partial charge in [0.05, 0.1) is 16.0 Å². The van der Waals surface area contributed by atoms with E-state index in [4.69, 9.17) is 11.6 Å². The summed E-state index contributed by atoms with van der Waals surface area (Å²) < 4.78 is 0. The Morgan fingerprint density at radius 2 is 2.31 bits per heavy atom. The van der Waals surface area contributed by atoms with E-state index in [1.807, 2.05) is 11.4 Å². The highest BCUT2D eigenvalue weighted by atomic mass is 35.5. The van der Waals surface area contributed by atoms with Crippen LogP contribution >= 0.6 is 34.7 Å². The molecule has 1 aromatic rings. The average molecular weight is 237 g/mol. The number of hydrogen-bond acceptors (Lipinski definition) is 3. The summed E-state index contributed by atoms with van der Waals surface area (Å²) in [5, 5.41) is 12.9. The maximum Gasteiger partial charge on any atom is 0.0987 e. The monoisotopic (exact) mass is 236 g/mol. The van der Waals surface area contributed by atoms with Crippen LogP contribution in [0.3, 0.4) is 0 Å². The van der Waals surface area contributed by atoms with Gasteiger partial charge >= 0.3 is 0 Å². The first kappa shape index (κ1) is 11.4. The molecule has 0 bridgehead atoms. The van der Waals surface area contributed by atoms with Crippen LogP contribution in [0.5, 0.6) is 0 Å². The fourth-order valence-electron chi connectivity index (χ4n) is 0.902. The van der Waals surface area contributed by atoms with Gasteiger partial charge in [0, 0.05) is 5.75 Å². The molecule has 0 fully saturated rings. The van der Waals surface area contributed by atoms with Crippen molar-refractivity contribution in [2.45, 2.75) is 25.2 Å². The Labute approximate surface area is 92.1 Å². The molecule has 1 aromatic heterocycles. The van der Waals surface area contributed by atoms with Crippen LogP contribution in [-0.4, -0.2) is 16.1 Å². The lowest BCUT2D eigenvalue weighted by Gasteiger charge is -2.10. The van der Waals surface area contributed by atoms with Crippen LogP contribution in [0.4, 0.5) is 0 Å². The van der Waals surface area contributed by atoms with Crippen molar-refractivity contribution in [1.82, 2.24) is 0 Å². The van der Waals surface area contributed by atoms with Gasteiger partial charge < -0.3 is 5.11 Å². The maximum atomic E-state index is 9.74. The van der Waals surface area contributed by atoms with E-state index in [0.29, 0.717) is 10.3 Å². The van der Waals surface area contributed by atoms with Gasteiger partial charge in [-0.3, -0.25) is 0 Å². The minimum Gasteiger partial charge on any atom is -0.387 e. The van der Waals surface area contributed by atoms with Gasteiger partial charge in [-0.05, 0) is 16.7 Å². The summed E-state index contributed by atoms with van der Waals surface area (Å²) in [5.74, 6) is 0.720. The highest BCUT2D eigenvalue weighted by Crippen LogP contribution is 2.31. The summed E-state index contributed by atoms with van der Waals surface area (Å²) >= 11 is 9.15. The summed E-state index contributed by atoms with van der Waals surface area (Å²) in [6.45, 7) is 4.24. The molecule has 1 atom stereocenters. The second-order valence-electron chi connectivity index (χ2n) is 3.03. The summed E-state index contributed by atoms with van der Waals surface area (Å²) in [5.41, 5.74) is 0. The predicted octanol–water partition coefficient (Wildman–Crippen LogP) is 3.58. The standard InChI is InChI=1S/C9H13ClOS2/c1-6(2)13-5-8(11)9-7(10)3-4-12-9/h3-4,6,8,11H,5H2,1-2H3. The van der Waals surface area contributed by atoms with E-state index in [2.05, 4.69) is 13.8 Å². The molecule has 1 unspecified atom stereocenters. The normalized spacial score (nSPS) is 13.6. The molecular formula is C9H13ClOS2. The Hall–Kier alpha value is 0.300. The van der Waals surface area contributed by atoms with Crippen LogP contribution in [0.15, 0.2) is 11.4 Å². The molecule has 0 saturated heterocycles. The third-order valence-corrected chi connectivity index (χ3v) is 4.17. The lowest BCUT2D eigenvalue weighted by molar-refractivity contribution is 0.208. The Kier molecular flexibility index (Phi) is 4.59. The number of hydrogen-bond donors (Lipinski definition) is 1. The molecule has 1 nitrogen and oxygen atoms in total. The first-order valence-corrected chi connectivity index (χ1v) is 6.44. The van der Waals surface area contributed by atoms with Crippen molar-refractivity contribution in [2.24, 2.45) is 0 Å². The van der Waals surface area contributed by atoms with Crippen LogP contribution in [0, 0.1) is 0 Å². The molecule has 0 aliphatic heterocycles. The van der Waals surface area contributed by atoms with Crippen LogP contribution in [0.1, 0.15) is 24.8 Å². The molecule has 0 amide bonds. The highest BCUT2D eigenvalue weighted by Gasteiger charge is 2.13. The second-order valence-corrected chi connectivity index (χ2v) is 6.00. The second kappa shape index (κ2) is 5.25. The minimum absolute atomic E-state index is 0.417. The first-order valence-electron chi connectivity index (χ1n) is 4.14. The minimum atomic E-state index is -0.417. The number of halogens is 1. The van der Waals surface area contributed by atoms with Crippen LogP contribution in [0.25, 0.3) is 0 Å². The van der Waals surface area contributed by atoms with Crippen molar-refractivity contribution < 1.29 is 5.11 Å². The van der Waals surface area contributed by atoms with E-state index in [1.165, 1.54) is 11.3 Å². The van der Waals surface area contributed by atoms with Gasteiger partial charge in [-0.2, -0.15) is 11.8 Å². The molecule has 0 aliphatic rings. The number of aliphatic hydroxyl groups excluding tert-OH is 1. The topological polar surface area (TPSA) is 20.2 Å². The Balaban J connectivity index is 2.49. The van der Waals surface area contributed by atoms with E-state index >= 15 is 0 Å². The lowest BCUT2D eigenvalue weighted by Crippen LogP contribution is -2.01. The van der Waals surface area contributed by atoms with Crippen molar-refractivity contribution >= 4 is 34.7 Å². The summed E-state index contributed by atoms with van der Waals surface area (Å²) in [6.07, 6.45) is -0.417. The van der Waals surface area contributed by atoms with Crippen molar-refractivity contribution in [2.75, 3.05) is 5.75 Å². The predicted molar refractivity (Wildman–Crippen MR) is 61.9 cm³/mol. The molecule has 0 saturated carbocycles. The molecule has 1 rings (SSSR count).